The highest BCUT2D eigenvalue weighted by Crippen LogP contribution is 2.46. The van der Waals surface area contributed by atoms with Gasteiger partial charge < -0.3 is 18.6 Å². The third-order valence-electron chi connectivity index (χ3n) is 6.50. The number of nitrogens with zero attached hydrogens (tertiary/aromatic N) is 4. The van der Waals surface area contributed by atoms with Gasteiger partial charge in [0, 0.05) is 36.8 Å². The van der Waals surface area contributed by atoms with E-state index in [-0.39, 0.29) is 37.0 Å². The Kier molecular flexibility index (Phi) is 10.9. The summed E-state index contributed by atoms with van der Waals surface area (Å²) >= 11 is 0. The van der Waals surface area contributed by atoms with Crippen molar-refractivity contribution in [3.63, 3.8) is 0 Å². The average molecular weight is 607 g/mol. The molecule has 2 aromatic heterocycles. The van der Waals surface area contributed by atoms with Crippen molar-refractivity contribution < 1.29 is 19.1 Å². The van der Waals surface area contributed by atoms with Gasteiger partial charge in [-0.25, -0.2) is 9.97 Å². The van der Waals surface area contributed by atoms with Crippen LogP contribution in [0.2, 0.25) is 0 Å². The maximum absolute atomic E-state index is 11.5. The number of aromatic nitrogens is 4. The van der Waals surface area contributed by atoms with E-state index in [4.69, 9.17) is 19.4 Å². The Balaban J connectivity index is 1.77. The van der Waals surface area contributed by atoms with Gasteiger partial charge in [0.1, 0.15) is 34.9 Å². The van der Waals surface area contributed by atoms with E-state index < -0.39 is 0 Å². The highest BCUT2D eigenvalue weighted by molar-refractivity contribution is 8.76. The monoisotopic (exact) mass is 606 g/mol. The van der Waals surface area contributed by atoms with Crippen LogP contribution in [0.5, 0.6) is 0 Å². The third kappa shape index (κ3) is 7.66. The Hall–Kier alpha value is -3.50. The van der Waals surface area contributed by atoms with Crippen molar-refractivity contribution >= 4 is 33.5 Å². The largest absolute Gasteiger partial charge is 0.464 e. The predicted octanol–water partition coefficient (Wildman–Crippen LogP) is 7.59. The van der Waals surface area contributed by atoms with Crippen molar-refractivity contribution in [3.8, 4) is 22.5 Å². The fourth-order valence-electron chi connectivity index (χ4n) is 4.74. The van der Waals surface area contributed by atoms with Gasteiger partial charge in [0.25, 0.3) is 0 Å². The highest BCUT2D eigenvalue weighted by atomic mass is 33.1. The number of benzene rings is 2. The summed E-state index contributed by atoms with van der Waals surface area (Å²) in [5.74, 6) is 1.59. The Morgan fingerprint density at radius 3 is 1.33 bits per heavy atom. The quantitative estimate of drug-likeness (QED) is 0.114. The van der Waals surface area contributed by atoms with Crippen LogP contribution < -0.4 is 0 Å². The molecule has 0 fully saturated rings. The van der Waals surface area contributed by atoms with Crippen LogP contribution in [0.25, 0.3) is 22.5 Å². The molecule has 0 bridgehead atoms. The second-order valence-corrected chi connectivity index (χ2v) is 12.5. The third-order valence-corrected chi connectivity index (χ3v) is 8.66. The zero-order valence-electron chi connectivity index (χ0n) is 25.0. The molecule has 0 amide bonds. The van der Waals surface area contributed by atoms with E-state index >= 15 is 0 Å². The van der Waals surface area contributed by atoms with Crippen molar-refractivity contribution in [3.05, 3.63) is 72.3 Å². The van der Waals surface area contributed by atoms with Gasteiger partial charge in [0.2, 0.25) is 0 Å². The van der Waals surface area contributed by atoms with E-state index in [1.807, 2.05) is 36.4 Å². The Morgan fingerprint density at radius 2 is 1.02 bits per heavy atom. The van der Waals surface area contributed by atoms with E-state index in [0.29, 0.717) is 13.1 Å². The van der Waals surface area contributed by atoms with Crippen molar-refractivity contribution in [2.75, 3.05) is 13.2 Å². The molecule has 10 heteroatoms. The molecule has 0 saturated carbocycles. The summed E-state index contributed by atoms with van der Waals surface area (Å²) < 4.78 is 15.0. The van der Waals surface area contributed by atoms with Crippen LogP contribution in [-0.2, 0) is 32.2 Å². The van der Waals surface area contributed by atoms with Crippen molar-refractivity contribution in [2.24, 2.45) is 0 Å². The fraction of sp³-hybridized carbons (Fsp3) is 0.375. The van der Waals surface area contributed by atoms with E-state index in [1.165, 1.54) is 13.8 Å². The van der Waals surface area contributed by atoms with Crippen molar-refractivity contribution in [2.45, 2.75) is 76.5 Å². The summed E-state index contributed by atoms with van der Waals surface area (Å²) in [5.41, 5.74) is 4.06. The fourth-order valence-corrected chi connectivity index (χ4v) is 6.94. The molecule has 2 heterocycles. The number of hydrogen-bond acceptors (Lipinski definition) is 8. The molecule has 0 aliphatic carbocycles. The number of imidazole rings is 2. The van der Waals surface area contributed by atoms with Gasteiger partial charge in [-0.3, -0.25) is 9.59 Å². The lowest BCUT2D eigenvalue weighted by molar-refractivity contribution is -0.142. The van der Waals surface area contributed by atoms with Gasteiger partial charge in [-0.05, 0) is 21.6 Å². The maximum Gasteiger partial charge on any atom is 0.302 e. The van der Waals surface area contributed by atoms with Crippen molar-refractivity contribution in [1.29, 1.82) is 0 Å². The molecule has 0 radical (unpaired) electrons. The number of ether oxygens (including phenoxy) is 2. The number of carbonyl (C=O) groups excluding carboxylic acids is 2. The second-order valence-electron chi connectivity index (χ2n) is 10.4. The molecule has 0 aliphatic heterocycles. The van der Waals surface area contributed by atoms with Crippen LogP contribution in [0.1, 0.15) is 65.0 Å². The molecule has 0 saturated heterocycles. The first-order valence-corrected chi connectivity index (χ1v) is 16.2. The summed E-state index contributed by atoms with van der Waals surface area (Å²) in [7, 11) is 3.15. The van der Waals surface area contributed by atoms with Crippen LogP contribution in [0.15, 0.2) is 70.7 Å². The Labute approximate surface area is 255 Å². The first kappa shape index (κ1) is 31.4. The minimum atomic E-state index is -0.300. The predicted molar refractivity (Wildman–Crippen MR) is 168 cm³/mol. The summed E-state index contributed by atoms with van der Waals surface area (Å²) in [4.78, 5) is 33.2. The van der Waals surface area contributed by atoms with Gasteiger partial charge in [0.15, 0.2) is 0 Å². The second kappa shape index (κ2) is 14.6. The summed E-state index contributed by atoms with van der Waals surface area (Å²) in [5, 5.41) is 1.74. The lowest BCUT2D eigenvalue weighted by Gasteiger charge is -2.15. The molecular weight excluding hydrogens is 569 g/mol. The minimum absolute atomic E-state index is 0.164. The molecule has 0 spiro atoms. The van der Waals surface area contributed by atoms with Crippen LogP contribution in [0.4, 0.5) is 0 Å². The van der Waals surface area contributed by atoms with Gasteiger partial charge in [-0.2, -0.15) is 0 Å². The van der Waals surface area contributed by atoms with Crippen LogP contribution in [0, 0.1) is 0 Å². The van der Waals surface area contributed by atoms with Crippen molar-refractivity contribution in [1.82, 2.24) is 19.1 Å². The topological polar surface area (TPSA) is 88.2 Å². The summed E-state index contributed by atoms with van der Waals surface area (Å²) in [6.07, 6.45) is 0. The molecule has 0 N–H and O–H groups in total. The summed E-state index contributed by atoms with van der Waals surface area (Å²) in [6.45, 7) is 12.9. The molecule has 8 nitrogen and oxygen atoms in total. The van der Waals surface area contributed by atoms with E-state index in [0.717, 1.165) is 44.2 Å². The number of hydrogen-bond donors (Lipinski definition) is 0. The average Bonchev–Trinajstić information content (AvgIpc) is 3.51. The van der Waals surface area contributed by atoms with Gasteiger partial charge in [-0.15, -0.1) is 0 Å². The molecule has 42 heavy (non-hydrogen) atoms. The SMILES string of the molecule is CC(=O)OCCn1c(C(C)C)nc(SSc2nc(C(C)C)n(CCOC(C)=O)c2-c2ccccc2)c1-c1ccccc1. The smallest absolute Gasteiger partial charge is 0.302 e. The molecule has 0 atom stereocenters. The molecule has 4 rings (SSSR count). The lowest BCUT2D eigenvalue weighted by atomic mass is 10.1. The van der Waals surface area contributed by atoms with Crippen LogP contribution in [-0.4, -0.2) is 44.3 Å². The van der Waals surface area contributed by atoms with Gasteiger partial charge >= 0.3 is 11.9 Å². The standard InChI is InChI=1S/C32H38N4O4S2/c1-21(2)29-33-31(27(25-13-9-7-10-14-25)35(29)17-19-39-23(5)37)41-42-32-28(26-15-11-8-12-16-26)36(18-20-40-24(6)38)30(34-32)22(3)4/h7-16,21-22H,17-20H2,1-6H3. The molecule has 222 valence electrons. The first-order chi connectivity index (χ1) is 20.2. The highest BCUT2D eigenvalue weighted by Gasteiger charge is 2.25. The first-order valence-electron chi connectivity index (χ1n) is 14.1. The van der Waals surface area contributed by atoms with E-state index in [9.17, 15) is 9.59 Å². The van der Waals surface area contributed by atoms with E-state index in [1.54, 1.807) is 21.6 Å². The maximum atomic E-state index is 11.5. The molecule has 4 aromatic rings. The molecule has 0 unspecified atom stereocenters. The van der Waals surface area contributed by atoms with Gasteiger partial charge in [0.05, 0.1) is 24.5 Å². The Bertz CT molecular complexity index is 1380. The molecular formula is C32H38N4O4S2. The molecule has 2 aromatic carbocycles. The Morgan fingerprint density at radius 1 is 0.667 bits per heavy atom. The summed E-state index contributed by atoms with van der Waals surface area (Å²) in [6, 6.07) is 20.4. The van der Waals surface area contributed by atoms with Crippen LogP contribution in [0.3, 0.4) is 0 Å². The van der Waals surface area contributed by atoms with Gasteiger partial charge in [-0.1, -0.05) is 88.4 Å². The lowest BCUT2D eigenvalue weighted by Crippen LogP contribution is -2.13. The normalized spacial score (nSPS) is 11.3. The number of carbonyl (C=O) groups is 2. The molecule has 0 aliphatic rings. The zero-order chi connectivity index (χ0) is 30.2. The van der Waals surface area contributed by atoms with E-state index in [2.05, 4.69) is 61.1 Å². The number of esters is 2. The van der Waals surface area contributed by atoms with Crippen LogP contribution >= 0.6 is 21.6 Å². The number of rotatable bonds is 13. The zero-order valence-corrected chi connectivity index (χ0v) is 26.6. The minimum Gasteiger partial charge on any atom is -0.464 e.